The molecule has 1 aromatic heterocycles. The maximum Gasteiger partial charge on any atom is 0.321 e. The molecule has 4 aromatic rings. The molecule has 0 unspecified atom stereocenters. The minimum Gasteiger partial charge on any atom is -0.424 e. The Hall–Kier alpha value is -3.99. The van der Waals surface area contributed by atoms with Gasteiger partial charge in [0.25, 0.3) is 5.91 Å². The van der Waals surface area contributed by atoms with E-state index in [0.717, 1.165) is 16.8 Å². The zero-order valence-corrected chi connectivity index (χ0v) is 17.4. The molecule has 0 bridgehead atoms. The molecule has 31 heavy (non-hydrogen) atoms. The van der Waals surface area contributed by atoms with E-state index >= 15 is 0 Å². The predicted molar refractivity (Wildman–Crippen MR) is 122 cm³/mol. The zero-order valence-electron chi connectivity index (χ0n) is 17.4. The lowest BCUT2D eigenvalue weighted by molar-refractivity contribution is 0.102. The smallest absolute Gasteiger partial charge is 0.321 e. The van der Waals surface area contributed by atoms with Crippen molar-refractivity contribution in [3.05, 3.63) is 102 Å². The van der Waals surface area contributed by atoms with Crippen LogP contribution in [-0.2, 0) is 0 Å². The highest BCUT2D eigenvalue weighted by molar-refractivity contribution is 6.04. The Labute approximate surface area is 181 Å². The molecule has 5 heteroatoms. The minimum absolute atomic E-state index is 0.163. The van der Waals surface area contributed by atoms with E-state index in [9.17, 15) is 4.79 Å². The molecular formula is C26H23N3O2. The molecule has 1 heterocycles. The van der Waals surface area contributed by atoms with E-state index in [4.69, 9.17) is 4.74 Å². The number of nitrogens with one attached hydrogen (secondary N) is 1. The third kappa shape index (κ3) is 5.14. The fourth-order valence-electron chi connectivity index (χ4n) is 3.11. The molecule has 0 spiro atoms. The molecule has 0 fully saturated rings. The highest BCUT2D eigenvalue weighted by Crippen LogP contribution is 2.23. The van der Waals surface area contributed by atoms with Crippen LogP contribution in [0.15, 0.2) is 91.3 Å². The first-order chi connectivity index (χ1) is 15.1. The molecular weight excluding hydrogens is 386 g/mol. The number of carbonyl (C=O) groups excluding carboxylic acids is 1. The molecule has 1 N–H and O–H groups in total. The quantitative estimate of drug-likeness (QED) is 0.405. The van der Waals surface area contributed by atoms with Gasteiger partial charge in [0.05, 0.1) is 0 Å². The number of nitrogens with zero attached hydrogens (tertiary/aromatic N) is 2. The highest BCUT2D eigenvalue weighted by Gasteiger charge is 2.09. The van der Waals surface area contributed by atoms with Gasteiger partial charge in [-0.15, -0.1) is 0 Å². The second-order valence-corrected chi connectivity index (χ2v) is 7.48. The molecule has 0 aliphatic rings. The third-order valence-electron chi connectivity index (χ3n) is 4.87. The van der Waals surface area contributed by atoms with Crippen molar-refractivity contribution in [3.63, 3.8) is 0 Å². The fraction of sp³-hybridized carbons (Fsp3) is 0.115. The predicted octanol–water partition coefficient (Wildman–Crippen LogP) is 6.31. The zero-order chi connectivity index (χ0) is 21.6. The van der Waals surface area contributed by atoms with E-state index in [1.165, 1.54) is 5.56 Å². The van der Waals surface area contributed by atoms with Gasteiger partial charge in [0.1, 0.15) is 5.75 Å². The molecule has 0 saturated carbocycles. The van der Waals surface area contributed by atoms with E-state index in [1.807, 2.05) is 72.8 Å². The van der Waals surface area contributed by atoms with Crippen molar-refractivity contribution in [2.24, 2.45) is 0 Å². The Kier molecular flexibility index (Phi) is 6.03. The van der Waals surface area contributed by atoms with E-state index in [2.05, 4.69) is 29.1 Å². The molecule has 3 aromatic carbocycles. The molecule has 0 saturated heterocycles. The van der Waals surface area contributed by atoms with E-state index in [0.29, 0.717) is 17.2 Å². The van der Waals surface area contributed by atoms with E-state index < -0.39 is 0 Å². The van der Waals surface area contributed by atoms with Crippen LogP contribution in [0.25, 0.3) is 11.1 Å². The van der Waals surface area contributed by atoms with Gasteiger partial charge in [-0.25, -0.2) is 9.97 Å². The largest absolute Gasteiger partial charge is 0.424 e. The first kappa shape index (κ1) is 20.3. The lowest BCUT2D eigenvalue weighted by Crippen LogP contribution is -2.11. The first-order valence-corrected chi connectivity index (χ1v) is 10.2. The van der Waals surface area contributed by atoms with Gasteiger partial charge < -0.3 is 10.1 Å². The summed E-state index contributed by atoms with van der Waals surface area (Å²) in [6.45, 7) is 4.28. The number of benzene rings is 3. The molecule has 154 valence electrons. The van der Waals surface area contributed by atoms with Crippen molar-refractivity contribution >= 4 is 11.6 Å². The average molecular weight is 409 g/mol. The van der Waals surface area contributed by atoms with Crippen molar-refractivity contribution in [2.45, 2.75) is 19.8 Å². The minimum atomic E-state index is -0.163. The summed E-state index contributed by atoms with van der Waals surface area (Å²) >= 11 is 0. The summed E-state index contributed by atoms with van der Waals surface area (Å²) in [6.07, 6.45) is 3.37. The maximum absolute atomic E-state index is 12.7. The molecule has 0 atom stereocenters. The summed E-state index contributed by atoms with van der Waals surface area (Å²) in [7, 11) is 0. The third-order valence-corrected chi connectivity index (χ3v) is 4.87. The number of ether oxygens (including phenoxy) is 1. The van der Waals surface area contributed by atoms with Crippen molar-refractivity contribution in [3.8, 4) is 22.9 Å². The number of rotatable bonds is 6. The number of carbonyl (C=O) groups is 1. The Morgan fingerprint density at radius 3 is 2.23 bits per heavy atom. The van der Waals surface area contributed by atoms with Crippen molar-refractivity contribution < 1.29 is 9.53 Å². The number of anilines is 1. The Morgan fingerprint density at radius 2 is 1.55 bits per heavy atom. The van der Waals surface area contributed by atoms with Gasteiger partial charge in [-0.1, -0.05) is 56.3 Å². The van der Waals surface area contributed by atoms with Gasteiger partial charge in [-0.3, -0.25) is 4.79 Å². The van der Waals surface area contributed by atoms with E-state index in [-0.39, 0.29) is 11.9 Å². The summed E-state index contributed by atoms with van der Waals surface area (Å²) in [5.41, 5.74) is 4.23. The summed E-state index contributed by atoms with van der Waals surface area (Å²) < 4.78 is 5.63. The van der Waals surface area contributed by atoms with Gasteiger partial charge in [0.15, 0.2) is 0 Å². The molecule has 0 radical (unpaired) electrons. The molecule has 0 aliphatic heterocycles. The van der Waals surface area contributed by atoms with Crippen LogP contribution >= 0.6 is 0 Å². The number of hydrogen-bond donors (Lipinski definition) is 1. The van der Waals surface area contributed by atoms with Crippen molar-refractivity contribution in [1.82, 2.24) is 9.97 Å². The van der Waals surface area contributed by atoms with Gasteiger partial charge >= 0.3 is 6.01 Å². The van der Waals surface area contributed by atoms with E-state index in [1.54, 1.807) is 18.5 Å². The van der Waals surface area contributed by atoms with Crippen LogP contribution in [0.5, 0.6) is 11.8 Å². The molecule has 4 rings (SSSR count). The monoisotopic (exact) mass is 409 g/mol. The van der Waals surface area contributed by atoms with Gasteiger partial charge in [0, 0.05) is 29.2 Å². The second-order valence-electron chi connectivity index (χ2n) is 7.48. The van der Waals surface area contributed by atoms with Crippen LogP contribution in [-0.4, -0.2) is 15.9 Å². The summed E-state index contributed by atoms with van der Waals surface area (Å²) in [4.78, 5) is 21.3. The lowest BCUT2D eigenvalue weighted by atomic mass is 10.0. The van der Waals surface area contributed by atoms with Crippen LogP contribution in [0, 0.1) is 0 Å². The molecule has 0 aliphatic carbocycles. The molecule has 5 nitrogen and oxygen atoms in total. The number of amides is 1. The Morgan fingerprint density at radius 1 is 0.839 bits per heavy atom. The van der Waals surface area contributed by atoms with Gasteiger partial charge in [-0.2, -0.15) is 0 Å². The SMILES string of the molecule is CC(C)c1ccc(NC(=O)c2cccc(-c3cnc(Oc4ccccc4)nc3)c2)cc1. The van der Waals surface area contributed by atoms with Crippen LogP contribution in [0.4, 0.5) is 5.69 Å². The summed E-state index contributed by atoms with van der Waals surface area (Å²) in [6, 6.07) is 25.0. The molecule has 1 amide bonds. The lowest BCUT2D eigenvalue weighted by Gasteiger charge is -2.09. The summed E-state index contributed by atoms with van der Waals surface area (Å²) in [5, 5.41) is 2.95. The average Bonchev–Trinajstić information content (AvgIpc) is 2.81. The van der Waals surface area contributed by atoms with Crippen LogP contribution in [0.2, 0.25) is 0 Å². The standard InChI is InChI=1S/C26H23N3O2/c1-18(2)19-11-13-23(14-12-19)29-25(30)21-8-6-7-20(15-21)22-16-27-26(28-17-22)31-24-9-4-3-5-10-24/h3-18H,1-2H3,(H,29,30). The van der Waals surface area contributed by atoms with Gasteiger partial charge in [-0.05, 0) is 53.4 Å². The topological polar surface area (TPSA) is 64.1 Å². The van der Waals surface area contributed by atoms with Crippen LogP contribution < -0.4 is 10.1 Å². The number of aromatic nitrogens is 2. The maximum atomic E-state index is 12.7. The van der Waals surface area contributed by atoms with Crippen molar-refractivity contribution in [1.29, 1.82) is 0 Å². The number of hydrogen-bond acceptors (Lipinski definition) is 4. The Bertz CT molecular complexity index is 1160. The number of para-hydroxylation sites is 1. The fourth-order valence-corrected chi connectivity index (χ4v) is 3.11. The highest BCUT2D eigenvalue weighted by atomic mass is 16.5. The van der Waals surface area contributed by atoms with Crippen LogP contribution in [0.1, 0.15) is 35.7 Å². The van der Waals surface area contributed by atoms with Crippen molar-refractivity contribution in [2.75, 3.05) is 5.32 Å². The second kappa shape index (κ2) is 9.22. The summed E-state index contributed by atoms with van der Waals surface area (Å²) in [5.74, 6) is 0.965. The van der Waals surface area contributed by atoms with Crippen LogP contribution in [0.3, 0.4) is 0 Å². The normalized spacial score (nSPS) is 10.7. The first-order valence-electron chi connectivity index (χ1n) is 10.2. The Balaban J connectivity index is 1.46. The van der Waals surface area contributed by atoms with Gasteiger partial charge in [0.2, 0.25) is 0 Å².